The lowest BCUT2D eigenvalue weighted by atomic mass is 9.86. The molecule has 0 unspecified atom stereocenters. The molecule has 2 aromatic rings. The smallest absolute Gasteiger partial charge is 0.289 e. The quantitative estimate of drug-likeness (QED) is 0.352. The van der Waals surface area contributed by atoms with Crippen molar-refractivity contribution >= 4 is 72.1 Å². The molecular formula is C26H30FNO13S6. The van der Waals surface area contributed by atoms with Gasteiger partial charge in [-0.1, -0.05) is 11.8 Å². The average molecular weight is 776 g/mol. The monoisotopic (exact) mass is 775 g/mol. The highest BCUT2D eigenvalue weighted by molar-refractivity contribution is 8.14. The Bertz CT molecular complexity index is 2220. The number of rotatable bonds is 9. The SMILES string of the molecule is COc1cc(CN2C(=O)CSC2=O)cc(F)c1-c1cc2c(cc1S(C)(=O)=O)C(S(C)(=O)=O)(S(C)(=O)=O)CCC2(S(C)(=O)=O)S(C)(=O)=O. The number of halogens is 1. The van der Waals surface area contributed by atoms with Gasteiger partial charge < -0.3 is 4.74 Å². The van der Waals surface area contributed by atoms with Crippen LogP contribution >= 0.6 is 11.8 Å². The van der Waals surface area contributed by atoms with E-state index in [-0.39, 0.29) is 11.3 Å². The Morgan fingerprint density at radius 2 is 1.23 bits per heavy atom. The Hall–Kier alpha value is -2.59. The maximum Gasteiger partial charge on any atom is 0.289 e. The molecule has 0 radical (unpaired) electrons. The topological polar surface area (TPSA) is 217 Å². The molecule has 0 saturated carbocycles. The number of amides is 2. The van der Waals surface area contributed by atoms with Crippen LogP contribution in [0.3, 0.4) is 0 Å². The second kappa shape index (κ2) is 11.5. The molecule has 2 aromatic carbocycles. The predicted octanol–water partition coefficient (Wildman–Crippen LogP) is 1.38. The van der Waals surface area contributed by atoms with Crippen molar-refractivity contribution in [3.63, 3.8) is 0 Å². The fourth-order valence-electron chi connectivity index (χ4n) is 6.27. The summed E-state index contributed by atoms with van der Waals surface area (Å²) in [7, 11) is -22.8. The minimum atomic E-state index is -4.83. The van der Waals surface area contributed by atoms with Crippen LogP contribution in [0.4, 0.5) is 9.18 Å². The summed E-state index contributed by atoms with van der Waals surface area (Å²) in [6.07, 6.45) is 0.676. The van der Waals surface area contributed by atoms with E-state index in [4.69, 9.17) is 4.74 Å². The molecule has 0 N–H and O–H groups in total. The van der Waals surface area contributed by atoms with E-state index in [1.54, 1.807) is 0 Å². The average Bonchev–Trinajstić information content (AvgIpc) is 3.20. The standard InChI is InChI=1S/C26H30FNO13S6/c1-41-20-10-15(13-28-22(29)14-42-24(28)30)9-19(27)23(20)16-11-17-18(12-21(16)43(2,31)32)26(46(5,37)38,47(6,39)40)8-7-25(17,44(3,33)34)45(4,35)36/h9-12H,7-8,13-14H2,1-6H3. The van der Waals surface area contributed by atoms with Crippen LogP contribution in [0.2, 0.25) is 0 Å². The zero-order valence-corrected chi connectivity index (χ0v) is 30.6. The lowest BCUT2D eigenvalue weighted by molar-refractivity contribution is -0.125. The summed E-state index contributed by atoms with van der Waals surface area (Å²) < 4.78 is 149. The molecular weight excluding hydrogens is 746 g/mol. The van der Waals surface area contributed by atoms with E-state index in [0.717, 1.165) is 29.8 Å². The first-order valence-electron chi connectivity index (χ1n) is 13.2. The summed E-state index contributed by atoms with van der Waals surface area (Å²) in [5, 5.41) is -0.592. The van der Waals surface area contributed by atoms with E-state index in [1.165, 1.54) is 6.07 Å². The normalized spacial score (nSPS) is 18.7. The first-order valence-corrected chi connectivity index (χ1v) is 23.6. The molecule has 0 bridgehead atoms. The number of thioether (sulfide) groups is 1. The minimum Gasteiger partial charge on any atom is -0.496 e. The molecule has 2 amide bonds. The van der Waals surface area contributed by atoms with Crippen LogP contribution in [0.25, 0.3) is 11.1 Å². The molecule has 21 heteroatoms. The van der Waals surface area contributed by atoms with Gasteiger partial charge in [0.15, 0.2) is 57.3 Å². The fraction of sp³-hybridized carbons (Fsp3) is 0.462. The third kappa shape index (κ3) is 5.79. The first kappa shape index (κ1) is 37.2. The fourth-order valence-corrected chi connectivity index (χ4v) is 16.4. The number of carbonyl (C=O) groups excluding carboxylic acids is 2. The molecule has 0 aromatic heterocycles. The van der Waals surface area contributed by atoms with Gasteiger partial charge in [-0.15, -0.1) is 0 Å². The highest BCUT2D eigenvalue weighted by Gasteiger charge is 2.65. The second-order valence-electron chi connectivity index (χ2n) is 11.4. The Morgan fingerprint density at radius 1 is 0.766 bits per heavy atom. The summed E-state index contributed by atoms with van der Waals surface area (Å²) in [5.74, 6) is -2.28. The van der Waals surface area contributed by atoms with E-state index < -0.39 is 127 Å². The van der Waals surface area contributed by atoms with E-state index in [2.05, 4.69) is 0 Å². The summed E-state index contributed by atoms with van der Waals surface area (Å²) in [6, 6.07) is 3.26. The highest BCUT2D eigenvalue weighted by atomic mass is 32.3. The van der Waals surface area contributed by atoms with Crippen LogP contribution in [0.5, 0.6) is 5.75 Å². The molecule has 47 heavy (non-hydrogen) atoms. The molecule has 1 aliphatic carbocycles. The van der Waals surface area contributed by atoms with Crippen molar-refractivity contribution in [1.82, 2.24) is 4.90 Å². The predicted molar refractivity (Wildman–Crippen MR) is 172 cm³/mol. The van der Waals surface area contributed by atoms with Crippen molar-refractivity contribution < 1.29 is 60.8 Å². The first-order chi connectivity index (χ1) is 21.2. The Balaban J connectivity index is 2.25. The van der Waals surface area contributed by atoms with Crippen LogP contribution in [-0.2, 0) is 68.7 Å². The van der Waals surface area contributed by atoms with Gasteiger partial charge in [0.05, 0.1) is 29.9 Å². The van der Waals surface area contributed by atoms with Crippen molar-refractivity contribution in [3.05, 3.63) is 46.8 Å². The van der Waals surface area contributed by atoms with Crippen LogP contribution < -0.4 is 4.74 Å². The lowest BCUT2D eigenvalue weighted by Crippen LogP contribution is -2.54. The summed E-state index contributed by atoms with van der Waals surface area (Å²) >= 11 is 0.733. The van der Waals surface area contributed by atoms with Gasteiger partial charge in [-0.25, -0.2) is 46.5 Å². The number of carbonyl (C=O) groups is 2. The maximum atomic E-state index is 16.1. The number of ether oxygens (including phenoxy) is 1. The van der Waals surface area contributed by atoms with Crippen LogP contribution in [0.1, 0.15) is 29.5 Å². The van der Waals surface area contributed by atoms with Crippen LogP contribution in [0, 0.1) is 5.82 Å². The highest BCUT2D eigenvalue weighted by Crippen LogP contribution is 2.57. The number of imide groups is 1. The molecule has 1 aliphatic heterocycles. The van der Waals surface area contributed by atoms with Gasteiger partial charge in [-0.2, -0.15) is 0 Å². The zero-order chi connectivity index (χ0) is 35.9. The zero-order valence-electron chi connectivity index (χ0n) is 25.7. The van der Waals surface area contributed by atoms with E-state index in [1.807, 2.05) is 0 Å². The number of hydrogen-bond donors (Lipinski definition) is 0. The molecule has 1 heterocycles. The van der Waals surface area contributed by atoms with Crippen molar-refractivity contribution in [3.8, 4) is 16.9 Å². The van der Waals surface area contributed by atoms with Gasteiger partial charge in [0, 0.05) is 36.8 Å². The van der Waals surface area contributed by atoms with E-state index in [0.29, 0.717) is 43.4 Å². The van der Waals surface area contributed by atoms with Gasteiger partial charge >= 0.3 is 0 Å². The summed E-state index contributed by atoms with van der Waals surface area (Å²) in [6.45, 7) is -0.391. The van der Waals surface area contributed by atoms with Gasteiger partial charge in [0.2, 0.25) is 5.91 Å². The minimum absolute atomic E-state index is 0.0287. The molecule has 1 fully saturated rings. The van der Waals surface area contributed by atoms with Gasteiger partial charge in [0.1, 0.15) is 11.6 Å². The largest absolute Gasteiger partial charge is 0.496 e. The lowest BCUT2D eigenvalue weighted by Gasteiger charge is -2.44. The number of benzene rings is 2. The molecule has 0 spiro atoms. The molecule has 1 saturated heterocycles. The molecule has 260 valence electrons. The molecule has 2 aliphatic rings. The van der Waals surface area contributed by atoms with E-state index in [9.17, 15) is 51.7 Å². The summed E-state index contributed by atoms with van der Waals surface area (Å²) in [4.78, 5) is 24.2. The number of fused-ring (bicyclic) bond motifs is 1. The Kier molecular flexibility index (Phi) is 9.11. The number of methoxy groups -OCH3 is 1. The van der Waals surface area contributed by atoms with Crippen molar-refractivity contribution in [2.75, 3.05) is 44.1 Å². The number of hydrogen-bond acceptors (Lipinski definition) is 14. The number of sulfone groups is 5. The third-order valence-electron chi connectivity index (χ3n) is 8.30. The van der Waals surface area contributed by atoms with Gasteiger partial charge in [0.25, 0.3) is 5.24 Å². The Morgan fingerprint density at radius 3 is 1.62 bits per heavy atom. The Labute approximate surface area is 276 Å². The number of nitrogens with zero attached hydrogens (tertiary/aromatic N) is 1. The van der Waals surface area contributed by atoms with Gasteiger partial charge in [-0.05, 0) is 53.8 Å². The van der Waals surface area contributed by atoms with Crippen molar-refractivity contribution in [1.29, 1.82) is 0 Å². The van der Waals surface area contributed by atoms with Gasteiger partial charge in [-0.3, -0.25) is 14.5 Å². The molecule has 4 rings (SSSR count). The summed E-state index contributed by atoms with van der Waals surface area (Å²) in [5.41, 5.74) is -3.08. The van der Waals surface area contributed by atoms with Crippen LogP contribution in [0.15, 0.2) is 29.2 Å². The third-order valence-corrected chi connectivity index (χ3v) is 20.4. The van der Waals surface area contributed by atoms with Crippen molar-refractivity contribution in [2.24, 2.45) is 0 Å². The van der Waals surface area contributed by atoms with E-state index >= 15 is 4.39 Å². The van der Waals surface area contributed by atoms with Crippen LogP contribution in [-0.4, -0.2) is 102 Å². The second-order valence-corrected chi connectivity index (χ2v) is 23.8. The molecule has 14 nitrogen and oxygen atoms in total. The molecule has 0 atom stereocenters. The maximum absolute atomic E-state index is 16.1. The van der Waals surface area contributed by atoms with Crippen molar-refractivity contribution in [2.45, 2.75) is 32.4 Å².